The summed E-state index contributed by atoms with van der Waals surface area (Å²) in [4.78, 5) is 6.87. The third-order valence-corrected chi connectivity index (χ3v) is 7.35. The normalized spacial score (nSPS) is 15.5. The minimum atomic E-state index is -4.33. The molecule has 0 spiro atoms. The van der Waals surface area contributed by atoms with Crippen molar-refractivity contribution in [1.82, 2.24) is 9.97 Å². The molecule has 1 heterocycles. The topological polar surface area (TPSA) is 92.2 Å². The molecule has 1 unspecified atom stereocenters. The van der Waals surface area contributed by atoms with Crippen LogP contribution in [0.1, 0.15) is 23.7 Å². The number of aliphatic hydroxyl groups excluding tert-OH is 1. The van der Waals surface area contributed by atoms with Gasteiger partial charge in [0.1, 0.15) is 5.82 Å². The highest BCUT2D eigenvalue weighted by Crippen LogP contribution is 2.39. The molecule has 0 bridgehead atoms. The number of nitrogens with one attached hydrogen (secondary N) is 1. The molecule has 1 aromatic heterocycles. The van der Waals surface area contributed by atoms with Crippen molar-refractivity contribution in [3.63, 3.8) is 0 Å². The van der Waals surface area contributed by atoms with E-state index in [2.05, 4.69) is 14.7 Å². The minimum Gasteiger partial charge on any atom is -0.388 e. The van der Waals surface area contributed by atoms with Gasteiger partial charge in [0.05, 0.1) is 27.8 Å². The first kappa shape index (κ1) is 22.6. The second kappa shape index (κ2) is 8.23. The van der Waals surface area contributed by atoms with E-state index in [0.717, 1.165) is 12.1 Å². The van der Waals surface area contributed by atoms with Gasteiger partial charge in [-0.05, 0) is 65.9 Å². The fourth-order valence-corrected chi connectivity index (χ4v) is 5.81. The van der Waals surface area contributed by atoms with Crippen LogP contribution in [0.25, 0.3) is 22.0 Å². The van der Waals surface area contributed by atoms with Crippen LogP contribution in [0.5, 0.6) is 0 Å². The maximum atomic E-state index is 15.4. The predicted octanol–water partition coefficient (Wildman–Crippen LogP) is 5.15. The molecule has 0 amide bonds. The molecular weight excluding hydrogens is 491 g/mol. The zero-order valence-corrected chi connectivity index (χ0v) is 18.8. The summed E-state index contributed by atoms with van der Waals surface area (Å²) in [6.45, 7) is 0. The number of rotatable bonds is 4. The second-order valence-electron chi connectivity index (χ2n) is 7.83. The molecule has 1 aliphatic carbocycles. The van der Waals surface area contributed by atoms with Crippen LogP contribution < -0.4 is 4.72 Å². The molecule has 1 atom stereocenters. The summed E-state index contributed by atoms with van der Waals surface area (Å²) in [5.74, 6) is -2.06. The Morgan fingerprint density at radius 1 is 1.09 bits per heavy atom. The van der Waals surface area contributed by atoms with Gasteiger partial charge in [-0.15, -0.1) is 0 Å². The van der Waals surface area contributed by atoms with Crippen LogP contribution in [-0.4, -0.2) is 23.5 Å². The predicted molar refractivity (Wildman–Crippen MR) is 120 cm³/mol. The summed E-state index contributed by atoms with van der Waals surface area (Å²) in [7, 11) is -4.33. The number of fused-ring (bicyclic) bond motifs is 2. The Labute approximate surface area is 197 Å². The molecule has 2 N–H and O–H groups in total. The van der Waals surface area contributed by atoms with Crippen LogP contribution in [0.3, 0.4) is 0 Å². The van der Waals surface area contributed by atoms with Crippen molar-refractivity contribution in [2.75, 3.05) is 4.72 Å². The van der Waals surface area contributed by atoms with Crippen molar-refractivity contribution in [3.8, 4) is 11.1 Å². The van der Waals surface area contributed by atoms with Crippen LogP contribution in [0, 0.1) is 17.7 Å². The van der Waals surface area contributed by atoms with Crippen molar-refractivity contribution in [3.05, 3.63) is 82.5 Å². The van der Waals surface area contributed by atoms with Crippen LogP contribution in [0.4, 0.5) is 18.9 Å². The second-order valence-corrected chi connectivity index (χ2v) is 9.92. The molecule has 0 fully saturated rings. The van der Waals surface area contributed by atoms with Gasteiger partial charge in [0, 0.05) is 16.6 Å². The summed E-state index contributed by atoms with van der Waals surface area (Å²) < 4.78 is 71.8. The summed E-state index contributed by atoms with van der Waals surface area (Å²) in [5.41, 5.74) is 0.186. The Kier molecular flexibility index (Phi) is 5.46. The summed E-state index contributed by atoms with van der Waals surface area (Å²) in [5, 5.41) is 10.6. The minimum absolute atomic E-state index is 0.0884. The summed E-state index contributed by atoms with van der Waals surface area (Å²) in [6.07, 6.45) is 0.0395. The summed E-state index contributed by atoms with van der Waals surface area (Å²) in [6, 6.07) is 8.75. The molecule has 0 saturated heterocycles. The molecule has 34 heavy (non-hydrogen) atoms. The van der Waals surface area contributed by atoms with Crippen molar-refractivity contribution in [2.45, 2.75) is 23.8 Å². The molecule has 6 nitrogen and oxygen atoms in total. The fraction of sp³-hybridized carbons (Fsp3) is 0.130. The van der Waals surface area contributed by atoms with E-state index in [1.54, 1.807) is 0 Å². The molecule has 3 aromatic carbocycles. The number of halogens is 4. The van der Waals surface area contributed by atoms with Gasteiger partial charge in [-0.1, -0.05) is 17.7 Å². The molecule has 4 aromatic rings. The molecule has 1 aliphatic rings. The van der Waals surface area contributed by atoms with Gasteiger partial charge in [0.2, 0.25) is 0 Å². The van der Waals surface area contributed by atoms with Gasteiger partial charge < -0.3 is 5.11 Å². The summed E-state index contributed by atoms with van der Waals surface area (Å²) >= 11 is 6.06. The molecule has 11 heteroatoms. The van der Waals surface area contributed by atoms with Crippen molar-refractivity contribution < 1.29 is 26.7 Å². The van der Waals surface area contributed by atoms with Crippen LogP contribution >= 0.6 is 11.6 Å². The highest BCUT2D eigenvalue weighted by Gasteiger charge is 2.30. The third kappa shape index (κ3) is 3.87. The zero-order chi connectivity index (χ0) is 24.2. The van der Waals surface area contributed by atoms with Gasteiger partial charge in [0.25, 0.3) is 10.0 Å². The molecule has 0 saturated carbocycles. The van der Waals surface area contributed by atoms with Crippen molar-refractivity contribution >= 4 is 38.2 Å². The first-order valence-corrected chi connectivity index (χ1v) is 11.9. The molecule has 5 rings (SSSR count). The van der Waals surface area contributed by atoms with E-state index in [1.165, 1.54) is 36.5 Å². The number of nitrogens with zero attached hydrogens (tertiary/aromatic N) is 2. The van der Waals surface area contributed by atoms with Crippen LogP contribution in [0.15, 0.2) is 53.6 Å². The average molecular weight is 506 g/mol. The van der Waals surface area contributed by atoms with E-state index in [1.807, 2.05) is 0 Å². The Balaban J connectivity index is 1.58. The highest BCUT2D eigenvalue weighted by molar-refractivity contribution is 7.92. The maximum Gasteiger partial charge on any atom is 0.309 e. The zero-order valence-electron chi connectivity index (χ0n) is 17.2. The molecule has 0 radical (unpaired) electrons. The van der Waals surface area contributed by atoms with Crippen LogP contribution in [-0.2, 0) is 16.4 Å². The number of aromatic nitrogens is 2. The number of aliphatic hydroxyl groups is 1. The lowest BCUT2D eigenvalue weighted by Gasteiger charge is -2.15. The average Bonchev–Trinajstić information content (AvgIpc) is 3.15. The smallest absolute Gasteiger partial charge is 0.309 e. The molecule has 174 valence electrons. The number of hydrogen-bond acceptors (Lipinski definition) is 5. The Morgan fingerprint density at radius 3 is 2.68 bits per heavy atom. The first-order valence-electron chi connectivity index (χ1n) is 10.1. The van der Waals surface area contributed by atoms with Gasteiger partial charge in [-0.2, -0.15) is 4.39 Å². The van der Waals surface area contributed by atoms with Crippen molar-refractivity contribution in [1.29, 1.82) is 0 Å². The van der Waals surface area contributed by atoms with Gasteiger partial charge in [-0.3, -0.25) is 4.72 Å². The SMILES string of the molecule is O=S(=O)(Nc1ccc(F)c(-c2ccc3nc(F)ncc3c2)c1F)c1cc(Cl)cc2c1CCC2O. The van der Waals surface area contributed by atoms with E-state index in [0.29, 0.717) is 29.4 Å². The Morgan fingerprint density at radius 2 is 1.88 bits per heavy atom. The van der Waals surface area contributed by atoms with Gasteiger partial charge in [-0.25, -0.2) is 27.2 Å². The van der Waals surface area contributed by atoms with E-state index in [-0.39, 0.29) is 21.0 Å². The quantitative estimate of drug-likeness (QED) is 0.374. The lowest BCUT2D eigenvalue weighted by Crippen LogP contribution is -2.16. The van der Waals surface area contributed by atoms with Gasteiger partial charge >= 0.3 is 6.08 Å². The number of benzene rings is 3. The third-order valence-electron chi connectivity index (χ3n) is 5.70. The Hall–Kier alpha value is -3.21. The lowest BCUT2D eigenvalue weighted by molar-refractivity contribution is 0.180. The molecule has 0 aliphatic heterocycles. The fourth-order valence-electron chi connectivity index (χ4n) is 4.14. The van der Waals surface area contributed by atoms with Crippen LogP contribution in [0.2, 0.25) is 5.02 Å². The van der Waals surface area contributed by atoms with E-state index in [9.17, 15) is 22.3 Å². The maximum absolute atomic E-state index is 15.4. The van der Waals surface area contributed by atoms with Gasteiger partial charge in [0.15, 0.2) is 5.82 Å². The molecular formula is C23H15ClF3N3O3S. The first-order chi connectivity index (χ1) is 16.1. The lowest BCUT2D eigenvalue weighted by atomic mass is 10.0. The standard InChI is InChI=1S/C23H15ClF3N3O3S/c24-13-8-15-14(2-6-19(15)31)20(9-13)34(32,33)30-18-5-3-16(25)21(22(18)26)11-1-4-17-12(7-11)10-28-23(27)29-17/h1,3-5,7-10,19,30-31H,2,6H2. The largest absolute Gasteiger partial charge is 0.388 e. The Bertz CT molecular complexity index is 1580. The van der Waals surface area contributed by atoms with E-state index in [4.69, 9.17) is 11.6 Å². The number of anilines is 1. The number of sulfonamides is 1. The van der Waals surface area contributed by atoms with E-state index < -0.39 is 45.1 Å². The van der Waals surface area contributed by atoms with Crippen molar-refractivity contribution in [2.24, 2.45) is 0 Å². The highest BCUT2D eigenvalue weighted by atomic mass is 35.5. The monoisotopic (exact) mass is 505 g/mol. The number of hydrogen-bond donors (Lipinski definition) is 2. The van der Waals surface area contributed by atoms with E-state index >= 15 is 4.39 Å².